The van der Waals surface area contributed by atoms with E-state index < -0.39 is 24.1 Å². The van der Waals surface area contributed by atoms with Crippen LogP contribution in [-0.2, 0) is 19.1 Å². The van der Waals surface area contributed by atoms with Crippen LogP contribution in [-0.4, -0.2) is 47.6 Å². The van der Waals surface area contributed by atoms with Gasteiger partial charge in [0.05, 0.1) is 38.3 Å². The highest BCUT2D eigenvalue weighted by Crippen LogP contribution is 2.01. The lowest BCUT2D eigenvalue weighted by Gasteiger charge is -2.07. The van der Waals surface area contributed by atoms with Crippen LogP contribution in [0.3, 0.4) is 0 Å². The first-order chi connectivity index (χ1) is 9.41. The Morgan fingerprint density at radius 2 is 1.20 bits per heavy atom. The number of esters is 2. The Balaban J connectivity index is 3.46. The molecular weight excluding hydrogens is 264 g/mol. The minimum Gasteiger partial charge on any atom is -0.466 e. The first-order valence-corrected chi connectivity index (χ1v) is 7.09. The van der Waals surface area contributed by atoms with Gasteiger partial charge in [-0.15, -0.1) is 0 Å². The minimum atomic E-state index is -0.434. The second-order valence-corrected chi connectivity index (χ2v) is 4.92. The van der Waals surface area contributed by atoms with E-state index in [2.05, 4.69) is 0 Å². The van der Waals surface area contributed by atoms with Gasteiger partial charge in [0.15, 0.2) is 0 Å². The van der Waals surface area contributed by atoms with Gasteiger partial charge in [-0.05, 0) is 39.5 Å². The summed E-state index contributed by atoms with van der Waals surface area (Å²) in [5.41, 5.74) is 0. The van der Waals surface area contributed by atoms with Crippen LogP contribution in [0, 0.1) is 0 Å². The Kier molecular flexibility index (Phi) is 11.0. The van der Waals surface area contributed by atoms with Crippen molar-refractivity contribution in [2.75, 3.05) is 13.2 Å². The Hall–Kier alpha value is -1.14. The number of rotatable bonds is 11. The maximum Gasteiger partial charge on any atom is 0.306 e. The Bertz CT molecular complexity index is 247. The van der Waals surface area contributed by atoms with Gasteiger partial charge in [-0.2, -0.15) is 0 Å². The molecule has 20 heavy (non-hydrogen) atoms. The number of aliphatic hydroxyl groups is 2. The van der Waals surface area contributed by atoms with Crippen molar-refractivity contribution in [2.24, 2.45) is 0 Å². The average molecular weight is 290 g/mol. The summed E-state index contributed by atoms with van der Waals surface area (Å²) in [6.45, 7) is 3.87. The summed E-state index contributed by atoms with van der Waals surface area (Å²) in [7, 11) is 0. The zero-order chi connectivity index (χ0) is 15.4. The number of carbonyl (C=O) groups excluding carboxylic acids is 2. The summed E-state index contributed by atoms with van der Waals surface area (Å²) in [5, 5.41) is 18.0. The molecule has 0 aliphatic carbocycles. The molecule has 0 aromatic rings. The van der Waals surface area contributed by atoms with Gasteiger partial charge in [0.25, 0.3) is 0 Å². The normalized spacial score (nSPS) is 13.6. The highest BCUT2D eigenvalue weighted by molar-refractivity contribution is 5.77. The summed E-state index contributed by atoms with van der Waals surface area (Å²) in [6.07, 6.45) is 1.58. The molecule has 2 atom stereocenters. The molecular formula is C14H26O6. The molecule has 2 unspecified atom stereocenters. The molecule has 0 aliphatic rings. The largest absolute Gasteiger partial charge is 0.466 e. The average Bonchev–Trinajstić information content (AvgIpc) is 2.37. The molecule has 0 aliphatic heterocycles. The van der Waals surface area contributed by atoms with Crippen LogP contribution in [0.15, 0.2) is 0 Å². The zero-order valence-corrected chi connectivity index (χ0v) is 12.3. The molecule has 6 heteroatoms. The van der Waals surface area contributed by atoms with Gasteiger partial charge in [-0.25, -0.2) is 0 Å². The highest BCUT2D eigenvalue weighted by atomic mass is 16.5. The van der Waals surface area contributed by atoms with Crippen molar-refractivity contribution >= 4 is 11.9 Å². The van der Waals surface area contributed by atoms with Gasteiger partial charge < -0.3 is 19.7 Å². The fourth-order valence-corrected chi connectivity index (χ4v) is 1.48. The first kappa shape index (κ1) is 18.9. The molecule has 0 heterocycles. The van der Waals surface area contributed by atoms with E-state index in [1.807, 2.05) is 0 Å². The molecule has 6 nitrogen and oxygen atoms in total. The molecule has 0 fully saturated rings. The Morgan fingerprint density at radius 1 is 0.850 bits per heavy atom. The van der Waals surface area contributed by atoms with Crippen molar-refractivity contribution in [3.05, 3.63) is 0 Å². The monoisotopic (exact) mass is 290 g/mol. The van der Waals surface area contributed by atoms with Crippen molar-refractivity contribution in [1.82, 2.24) is 0 Å². The van der Waals surface area contributed by atoms with E-state index >= 15 is 0 Å². The third kappa shape index (κ3) is 13.3. The second kappa shape index (κ2) is 11.7. The van der Waals surface area contributed by atoms with Crippen molar-refractivity contribution < 1.29 is 29.3 Å². The summed E-state index contributed by atoms with van der Waals surface area (Å²) in [4.78, 5) is 22.6. The van der Waals surface area contributed by atoms with Crippen LogP contribution < -0.4 is 0 Å². The maximum absolute atomic E-state index is 11.3. The van der Waals surface area contributed by atoms with Crippen LogP contribution in [0.1, 0.15) is 52.4 Å². The third-order valence-corrected chi connectivity index (χ3v) is 2.59. The van der Waals surface area contributed by atoms with E-state index in [-0.39, 0.29) is 26.1 Å². The summed E-state index contributed by atoms with van der Waals surface area (Å²) >= 11 is 0. The van der Waals surface area contributed by atoms with Crippen LogP contribution in [0.2, 0.25) is 0 Å². The van der Waals surface area contributed by atoms with Gasteiger partial charge in [0.2, 0.25) is 0 Å². The molecule has 0 amide bonds. The molecule has 0 bridgehead atoms. The number of carbonyl (C=O) groups is 2. The number of ether oxygens (including phenoxy) is 2. The molecule has 0 radical (unpaired) electrons. The second-order valence-electron chi connectivity index (χ2n) is 4.92. The lowest BCUT2D eigenvalue weighted by atomic mass is 10.2. The van der Waals surface area contributed by atoms with E-state index in [4.69, 9.17) is 19.7 Å². The number of hydrogen-bond acceptors (Lipinski definition) is 6. The SMILES string of the molecule is CC(O)CCCOC(=O)CCC(=O)OCCCC(C)O. The van der Waals surface area contributed by atoms with Crippen LogP contribution >= 0.6 is 0 Å². The zero-order valence-electron chi connectivity index (χ0n) is 12.3. The first-order valence-electron chi connectivity index (χ1n) is 7.09. The van der Waals surface area contributed by atoms with E-state index in [1.165, 1.54) is 0 Å². The number of aliphatic hydroxyl groups excluding tert-OH is 2. The van der Waals surface area contributed by atoms with Crippen molar-refractivity contribution in [2.45, 2.75) is 64.6 Å². The van der Waals surface area contributed by atoms with Crippen LogP contribution in [0.25, 0.3) is 0 Å². The van der Waals surface area contributed by atoms with Gasteiger partial charge in [0, 0.05) is 0 Å². The fraction of sp³-hybridized carbons (Fsp3) is 0.857. The summed E-state index contributed by atoms with van der Waals surface area (Å²) in [6, 6.07) is 0. The fourth-order valence-electron chi connectivity index (χ4n) is 1.48. The van der Waals surface area contributed by atoms with Crippen molar-refractivity contribution in [1.29, 1.82) is 0 Å². The van der Waals surface area contributed by atoms with Gasteiger partial charge in [-0.3, -0.25) is 9.59 Å². The predicted octanol–water partition coefficient (Wildman–Crippen LogP) is 1.17. The lowest BCUT2D eigenvalue weighted by Crippen LogP contribution is -2.12. The van der Waals surface area contributed by atoms with Crippen molar-refractivity contribution in [3.63, 3.8) is 0 Å². The highest BCUT2D eigenvalue weighted by Gasteiger charge is 2.09. The smallest absolute Gasteiger partial charge is 0.306 e. The molecule has 0 saturated carbocycles. The topological polar surface area (TPSA) is 93.1 Å². The quantitative estimate of drug-likeness (QED) is 0.438. The summed E-state index contributed by atoms with van der Waals surface area (Å²) < 4.78 is 9.82. The standard InChI is InChI=1S/C14H26O6/c1-11(15)5-3-9-19-13(17)7-8-14(18)20-10-4-6-12(2)16/h11-12,15-16H,3-10H2,1-2H3. The Morgan fingerprint density at radius 3 is 1.50 bits per heavy atom. The lowest BCUT2D eigenvalue weighted by molar-refractivity contribution is -0.150. The van der Waals surface area contributed by atoms with E-state index in [1.54, 1.807) is 13.8 Å². The molecule has 118 valence electrons. The Labute approximate surface area is 120 Å². The van der Waals surface area contributed by atoms with Crippen LogP contribution in [0.4, 0.5) is 0 Å². The molecule has 0 spiro atoms. The summed E-state index contributed by atoms with van der Waals surface area (Å²) in [5.74, 6) is -0.868. The van der Waals surface area contributed by atoms with E-state index in [0.717, 1.165) is 0 Å². The number of hydrogen-bond donors (Lipinski definition) is 2. The van der Waals surface area contributed by atoms with Crippen molar-refractivity contribution in [3.8, 4) is 0 Å². The van der Waals surface area contributed by atoms with Crippen LogP contribution in [0.5, 0.6) is 0 Å². The van der Waals surface area contributed by atoms with E-state index in [0.29, 0.717) is 25.7 Å². The molecule has 0 saturated heterocycles. The molecule has 0 aromatic heterocycles. The molecule has 0 aromatic carbocycles. The van der Waals surface area contributed by atoms with Gasteiger partial charge in [0.1, 0.15) is 0 Å². The van der Waals surface area contributed by atoms with Gasteiger partial charge >= 0.3 is 11.9 Å². The minimum absolute atomic E-state index is 0.00388. The van der Waals surface area contributed by atoms with E-state index in [9.17, 15) is 9.59 Å². The van der Waals surface area contributed by atoms with Gasteiger partial charge in [-0.1, -0.05) is 0 Å². The maximum atomic E-state index is 11.3. The molecule has 0 rings (SSSR count). The molecule has 2 N–H and O–H groups in total. The third-order valence-electron chi connectivity index (χ3n) is 2.59. The predicted molar refractivity (Wildman–Crippen MR) is 73.0 cm³/mol.